The van der Waals surface area contributed by atoms with Crippen LogP contribution in [0.25, 0.3) is 5.76 Å². The van der Waals surface area contributed by atoms with Crippen molar-refractivity contribution >= 4 is 17.4 Å². The van der Waals surface area contributed by atoms with Crippen molar-refractivity contribution in [1.82, 2.24) is 9.80 Å². The van der Waals surface area contributed by atoms with E-state index in [9.17, 15) is 19.1 Å². The second-order valence-corrected chi connectivity index (χ2v) is 7.77. The van der Waals surface area contributed by atoms with Gasteiger partial charge in [-0.05, 0) is 56.9 Å². The van der Waals surface area contributed by atoms with E-state index in [4.69, 9.17) is 9.47 Å². The van der Waals surface area contributed by atoms with E-state index in [2.05, 4.69) is 0 Å². The fraction of sp³-hybridized carbons (Fsp3) is 0.333. The third-order valence-corrected chi connectivity index (χ3v) is 5.37. The molecule has 0 aromatic heterocycles. The number of halogens is 1. The van der Waals surface area contributed by atoms with E-state index in [0.29, 0.717) is 24.3 Å². The van der Waals surface area contributed by atoms with Gasteiger partial charge in [0.25, 0.3) is 11.7 Å². The third kappa shape index (κ3) is 4.60. The molecule has 1 fully saturated rings. The van der Waals surface area contributed by atoms with Crippen LogP contribution in [0.4, 0.5) is 4.39 Å². The molecule has 2 aromatic carbocycles. The van der Waals surface area contributed by atoms with Crippen molar-refractivity contribution in [2.45, 2.75) is 12.5 Å². The molecule has 0 bridgehead atoms. The lowest BCUT2D eigenvalue weighted by molar-refractivity contribution is -0.139. The molecule has 8 heteroatoms. The number of Topliss-reactive ketones (excluding diaryl/α,β-unsaturated/α-hetero) is 1. The van der Waals surface area contributed by atoms with E-state index in [1.54, 1.807) is 24.3 Å². The highest BCUT2D eigenvalue weighted by molar-refractivity contribution is 6.46. The molecule has 1 atom stereocenters. The molecule has 1 aliphatic heterocycles. The quantitative estimate of drug-likeness (QED) is 0.384. The van der Waals surface area contributed by atoms with Crippen molar-refractivity contribution in [2.24, 2.45) is 0 Å². The molecule has 1 saturated heterocycles. The number of hydrogen-bond donors (Lipinski definition) is 1. The van der Waals surface area contributed by atoms with E-state index in [1.807, 2.05) is 19.0 Å². The number of rotatable bonds is 8. The first kappa shape index (κ1) is 23.3. The zero-order chi connectivity index (χ0) is 23.4. The predicted molar refractivity (Wildman–Crippen MR) is 118 cm³/mol. The molecule has 2 aromatic rings. The number of benzene rings is 2. The monoisotopic (exact) mass is 442 g/mol. The normalized spacial score (nSPS) is 17.8. The Balaban J connectivity index is 2.15. The molecule has 1 aliphatic rings. The fourth-order valence-electron chi connectivity index (χ4n) is 3.83. The number of amides is 1. The lowest BCUT2D eigenvalue weighted by atomic mass is 9.95. The van der Waals surface area contributed by atoms with Gasteiger partial charge in [-0.15, -0.1) is 0 Å². The molecule has 1 unspecified atom stereocenters. The van der Waals surface area contributed by atoms with Gasteiger partial charge in [-0.1, -0.05) is 12.1 Å². The second-order valence-electron chi connectivity index (χ2n) is 7.77. The van der Waals surface area contributed by atoms with Crippen LogP contribution in [0.3, 0.4) is 0 Å². The molecule has 0 saturated carbocycles. The molecular weight excluding hydrogens is 415 g/mol. The van der Waals surface area contributed by atoms with Crippen LogP contribution in [0, 0.1) is 5.82 Å². The SMILES string of the molecule is COc1ccc(C(O)=C2C(=O)C(=O)N(CCCN(C)C)C2c2cccc(F)c2)c(OC)c1. The van der Waals surface area contributed by atoms with Crippen molar-refractivity contribution in [3.05, 3.63) is 65.0 Å². The molecule has 0 aliphatic carbocycles. The summed E-state index contributed by atoms with van der Waals surface area (Å²) in [5, 5.41) is 11.2. The Bertz CT molecular complexity index is 1050. The minimum Gasteiger partial charge on any atom is -0.507 e. The summed E-state index contributed by atoms with van der Waals surface area (Å²) in [5.74, 6) is -1.65. The van der Waals surface area contributed by atoms with Gasteiger partial charge in [0.2, 0.25) is 0 Å². The third-order valence-electron chi connectivity index (χ3n) is 5.37. The smallest absolute Gasteiger partial charge is 0.295 e. The van der Waals surface area contributed by atoms with Gasteiger partial charge in [-0.25, -0.2) is 4.39 Å². The van der Waals surface area contributed by atoms with Gasteiger partial charge in [-0.2, -0.15) is 0 Å². The maximum atomic E-state index is 14.0. The van der Waals surface area contributed by atoms with Crippen LogP contribution >= 0.6 is 0 Å². The Morgan fingerprint density at radius 2 is 1.88 bits per heavy atom. The molecule has 1 heterocycles. The lowest BCUT2D eigenvalue weighted by Gasteiger charge is -2.26. The summed E-state index contributed by atoms with van der Waals surface area (Å²) in [4.78, 5) is 29.3. The standard InChI is InChI=1S/C24H27FN2O5/c1-26(2)11-6-12-27-21(15-7-5-8-16(25)13-15)20(23(29)24(27)30)22(28)18-10-9-17(31-3)14-19(18)32-4/h5,7-10,13-14,21,28H,6,11-12H2,1-4H3. The van der Waals surface area contributed by atoms with Crippen LogP contribution in [0.2, 0.25) is 0 Å². The van der Waals surface area contributed by atoms with Gasteiger partial charge in [0.1, 0.15) is 23.1 Å². The second kappa shape index (κ2) is 9.82. The molecule has 32 heavy (non-hydrogen) atoms. The topological polar surface area (TPSA) is 79.3 Å². The molecule has 7 nitrogen and oxygen atoms in total. The molecule has 1 N–H and O–H groups in total. The van der Waals surface area contributed by atoms with Crippen LogP contribution in [0.5, 0.6) is 11.5 Å². The number of nitrogens with zero attached hydrogens (tertiary/aromatic N) is 2. The predicted octanol–water partition coefficient (Wildman–Crippen LogP) is 3.22. The number of hydrogen-bond acceptors (Lipinski definition) is 6. The van der Waals surface area contributed by atoms with Gasteiger partial charge in [0.05, 0.1) is 31.4 Å². The highest BCUT2D eigenvalue weighted by Crippen LogP contribution is 2.41. The summed E-state index contributed by atoms with van der Waals surface area (Å²) < 4.78 is 24.6. The molecular formula is C24H27FN2O5. The van der Waals surface area contributed by atoms with Gasteiger partial charge >= 0.3 is 0 Å². The van der Waals surface area contributed by atoms with E-state index in [-0.39, 0.29) is 29.2 Å². The number of aliphatic hydroxyl groups is 1. The number of likely N-dealkylation sites (tertiary alicyclic amines) is 1. The first-order valence-corrected chi connectivity index (χ1v) is 10.2. The largest absolute Gasteiger partial charge is 0.507 e. The van der Waals surface area contributed by atoms with Gasteiger partial charge < -0.3 is 24.4 Å². The summed E-state index contributed by atoms with van der Waals surface area (Å²) in [7, 11) is 6.75. The Morgan fingerprint density at radius 3 is 2.50 bits per heavy atom. The zero-order valence-corrected chi connectivity index (χ0v) is 18.6. The minimum atomic E-state index is -0.917. The number of ketones is 1. The summed E-state index contributed by atoms with van der Waals surface area (Å²) in [6.07, 6.45) is 0.609. The number of ether oxygens (including phenoxy) is 2. The van der Waals surface area contributed by atoms with E-state index < -0.39 is 23.5 Å². The number of methoxy groups -OCH3 is 2. The maximum Gasteiger partial charge on any atom is 0.295 e. The fourth-order valence-corrected chi connectivity index (χ4v) is 3.83. The first-order valence-electron chi connectivity index (χ1n) is 10.2. The maximum absolute atomic E-state index is 14.0. The number of carbonyl (C=O) groups is 2. The summed E-state index contributed by atoms with van der Waals surface area (Å²) in [6, 6.07) is 9.52. The van der Waals surface area contributed by atoms with Crippen LogP contribution in [-0.4, -0.2) is 68.0 Å². The Kier molecular flexibility index (Phi) is 7.15. The summed E-state index contributed by atoms with van der Waals surface area (Å²) >= 11 is 0. The van der Waals surface area contributed by atoms with Crippen LogP contribution in [0.15, 0.2) is 48.0 Å². The van der Waals surface area contributed by atoms with E-state index in [1.165, 1.54) is 37.3 Å². The zero-order valence-electron chi connectivity index (χ0n) is 18.6. The van der Waals surface area contributed by atoms with Crippen LogP contribution in [0.1, 0.15) is 23.6 Å². The van der Waals surface area contributed by atoms with Crippen LogP contribution in [-0.2, 0) is 9.59 Å². The number of carbonyl (C=O) groups excluding carboxylic acids is 2. The molecule has 1 amide bonds. The van der Waals surface area contributed by atoms with Crippen molar-refractivity contribution in [2.75, 3.05) is 41.4 Å². The Hall–Kier alpha value is -3.39. The highest BCUT2D eigenvalue weighted by Gasteiger charge is 2.46. The van der Waals surface area contributed by atoms with Gasteiger partial charge in [-0.3, -0.25) is 9.59 Å². The molecule has 170 valence electrons. The summed E-state index contributed by atoms with van der Waals surface area (Å²) in [6.45, 7) is 0.978. The average Bonchev–Trinajstić information content (AvgIpc) is 3.03. The Labute approximate surface area is 186 Å². The lowest BCUT2D eigenvalue weighted by Crippen LogP contribution is -2.32. The average molecular weight is 442 g/mol. The van der Waals surface area contributed by atoms with Crippen LogP contribution < -0.4 is 9.47 Å². The first-order chi connectivity index (χ1) is 15.3. The number of aliphatic hydroxyl groups excluding tert-OH is 1. The van der Waals surface area contributed by atoms with E-state index in [0.717, 1.165) is 0 Å². The van der Waals surface area contributed by atoms with E-state index >= 15 is 0 Å². The van der Waals surface area contributed by atoms with Gasteiger partial charge in [0, 0.05) is 12.6 Å². The van der Waals surface area contributed by atoms with Crippen molar-refractivity contribution < 1.29 is 28.6 Å². The summed E-state index contributed by atoms with van der Waals surface area (Å²) in [5.41, 5.74) is 0.540. The minimum absolute atomic E-state index is 0.103. The molecule has 0 radical (unpaired) electrons. The molecule has 0 spiro atoms. The molecule has 3 rings (SSSR count). The van der Waals surface area contributed by atoms with Crippen molar-refractivity contribution in [1.29, 1.82) is 0 Å². The van der Waals surface area contributed by atoms with Gasteiger partial charge in [0.15, 0.2) is 0 Å². The van der Waals surface area contributed by atoms with Crippen molar-refractivity contribution in [3.63, 3.8) is 0 Å². The Morgan fingerprint density at radius 1 is 1.12 bits per heavy atom. The highest BCUT2D eigenvalue weighted by atomic mass is 19.1. The van der Waals surface area contributed by atoms with Crippen molar-refractivity contribution in [3.8, 4) is 11.5 Å².